The lowest BCUT2D eigenvalue weighted by Crippen LogP contribution is -2.37. The Kier molecular flexibility index (Phi) is 4.00. The van der Waals surface area contributed by atoms with Crippen molar-refractivity contribution >= 4 is 38.6 Å². The summed E-state index contributed by atoms with van der Waals surface area (Å²) in [5.74, 6) is -1.53. The Morgan fingerprint density at radius 1 is 1.19 bits per heavy atom. The molecule has 1 unspecified atom stereocenters. The van der Waals surface area contributed by atoms with E-state index in [-0.39, 0.29) is 27.2 Å². The molecule has 0 spiro atoms. The van der Waals surface area contributed by atoms with Gasteiger partial charge in [0.25, 0.3) is 5.69 Å². The lowest BCUT2D eigenvalue weighted by molar-refractivity contribution is -0.384. The van der Waals surface area contributed by atoms with Gasteiger partial charge in [0.05, 0.1) is 27.2 Å². The summed E-state index contributed by atoms with van der Waals surface area (Å²) in [6, 6.07) is 4.25. The third-order valence-electron chi connectivity index (χ3n) is 5.21. The number of nitrogens with zero attached hydrogens (tertiary/aromatic N) is 2. The van der Waals surface area contributed by atoms with Crippen molar-refractivity contribution in [3.8, 4) is 0 Å². The van der Waals surface area contributed by atoms with Gasteiger partial charge in [0, 0.05) is 30.5 Å². The van der Waals surface area contributed by atoms with Crippen molar-refractivity contribution < 1.29 is 18.1 Å². The number of hydrogen-bond acceptors (Lipinski definition) is 6. The Bertz CT molecular complexity index is 1010. The molecule has 1 aliphatic carbocycles. The van der Waals surface area contributed by atoms with Gasteiger partial charge in [0.15, 0.2) is 9.84 Å². The maximum atomic E-state index is 12.6. The number of sulfone groups is 1. The summed E-state index contributed by atoms with van der Waals surface area (Å²) in [7, 11) is -3.54. The second-order valence-electron chi connectivity index (χ2n) is 6.73. The zero-order valence-corrected chi connectivity index (χ0v) is 15.2. The topological polar surface area (TPSA) is 107 Å². The molecule has 0 N–H and O–H groups in total. The van der Waals surface area contributed by atoms with E-state index in [1.807, 2.05) is 0 Å². The average molecular weight is 395 g/mol. The summed E-state index contributed by atoms with van der Waals surface area (Å²) < 4.78 is 25.3. The molecule has 1 aromatic rings. The van der Waals surface area contributed by atoms with Crippen molar-refractivity contribution in [3.05, 3.63) is 49.5 Å². The van der Waals surface area contributed by atoms with Gasteiger partial charge >= 0.3 is 0 Å². The number of aliphatic imine (C=N–C) groups is 1. The number of Topliss-reactive ketones (excluding diaryl/α,β-unsaturated/α-hetero) is 1. The highest BCUT2D eigenvalue weighted by atomic mass is 35.5. The number of hydrogen-bond donors (Lipinski definition) is 0. The van der Waals surface area contributed by atoms with Crippen LogP contribution in [0.1, 0.15) is 37.2 Å². The van der Waals surface area contributed by atoms with Gasteiger partial charge in [-0.25, -0.2) is 8.42 Å². The van der Waals surface area contributed by atoms with E-state index < -0.39 is 26.6 Å². The van der Waals surface area contributed by atoms with Crippen LogP contribution in [0.5, 0.6) is 0 Å². The number of ketones is 1. The van der Waals surface area contributed by atoms with Gasteiger partial charge in [0.2, 0.25) is 0 Å². The first-order valence-corrected chi connectivity index (χ1v) is 10.3. The zero-order valence-electron chi connectivity index (χ0n) is 13.6. The van der Waals surface area contributed by atoms with E-state index >= 15 is 0 Å². The molecular formula is C17H15ClN2O5S. The maximum Gasteiger partial charge on any atom is 0.288 e. The summed E-state index contributed by atoms with van der Waals surface area (Å²) in [4.78, 5) is 27.9. The predicted molar refractivity (Wildman–Crippen MR) is 96.1 cm³/mol. The quantitative estimate of drug-likeness (QED) is 0.565. The highest BCUT2D eigenvalue weighted by Crippen LogP contribution is 2.49. The van der Waals surface area contributed by atoms with E-state index in [1.54, 1.807) is 6.07 Å². The van der Waals surface area contributed by atoms with Crippen molar-refractivity contribution in [1.82, 2.24) is 0 Å². The molecule has 1 fully saturated rings. The van der Waals surface area contributed by atoms with Gasteiger partial charge in [-0.1, -0.05) is 17.7 Å². The number of benzene rings is 1. The van der Waals surface area contributed by atoms with Crippen LogP contribution in [-0.2, 0) is 14.6 Å². The van der Waals surface area contributed by atoms with Crippen LogP contribution in [-0.4, -0.2) is 30.6 Å². The van der Waals surface area contributed by atoms with Crippen LogP contribution in [0.4, 0.5) is 5.69 Å². The fourth-order valence-corrected chi connectivity index (χ4v) is 6.14. The molecule has 0 radical (unpaired) electrons. The SMILES string of the molecule is O=C1CCCC2=NC3=C([C@@H](c4ccc(Cl)c([N+](=O)[O-])c4)C12)S(=O)(=O)CC3. The van der Waals surface area contributed by atoms with Gasteiger partial charge in [-0.05, 0) is 24.5 Å². The predicted octanol–water partition coefficient (Wildman–Crippen LogP) is 3.19. The maximum absolute atomic E-state index is 12.6. The van der Waals surface area contributed by atoms with Crippen molar-refractivity contribution in [3.63, 3.8) is 0 Å². The lowest BCUT2D eigenvalue weighted by Gasteiger charge is -2.34. The Balaban J connectivity index is 1.95. The molecule has 136 valence electrons. The summed E-state index contributed by atoms with van der Waals surface area (Å²) in [5, 5.41) is 11.2. The van der Waals surface area contributed by atoms with Crippen LogP contribution < -0.4 is 0 Å². The second kappa shape index (κ2) is 5.99. The second-order valence-corrected chi connectivity index (χ2v) is 9.21. The molecule has 1 saturated carbocycles. The van der Waals surface area contributed by atoms with Crippen LogP contribution in [0.2, 0.25) is 5.02 Å². The first-order valence-electron chi connectivity index (χ1n) is 8.29. The molecule has 7 nitrogen and oxygen atoms in total. The fourth-order valence-electron chi connectivity index (χ4n) is 4.10. The molecule has 2 aliphatic heterocycles. The molecule has 0 aromatic heterocycles. The number of allylic oxidation sites excluding steroid dienone is 2. The average Bonchev–Trinajstić information content (AvgIpc) is 2.89. The van der Waals surface area contributed by atoms with E-state index in [4.69, 9.17) is 11.6 Å². The standard InChI is InChI=1S/C17H15ClN2O5S/c18-10-5-4-9(8-13(10)20(22)23)15-16-11(2-1-3-14(16)21)19-12-6-7-26(24,25)17(12)15/h4-5,8,15-16H,1-3,6-7H2/t15-,16?/m0/s1. The van der Waals surface area contributed by atoms with Gasteiger partial charge in [-0.2, -0.15) is 0 Å². The van der Waals surface area contributed by atoms with Crippen LogP contribution in [0, 0.1) is 16.0 Å². The Labute approximate surface area is 154 Å². The van der Waals surface area contributed by atoms with Gasteiger partial charge in [-0.3, -0.25) is 19.9 Å². The molecule has 4 rings (SSSR count). The van der Waals surface area contributed by atoms with E-state index in [0.29, 0.717) is 42.7 Å². The molecule has 1 aromatic carbocycles. The fraction of sp³-hybridized carbons (Fsp3) is 0.412. The number of rotatable bonds is 2. The van der Waals surface area contributed by atoms with Crippen molar-refractivity contribution in [2.45, 2.75) is 31.6 Å². The number of carbonyl (C=O) groups is 1. The number of nitro benzene ring substituents is 1. The monoisotopic (exact) mass is 394 g/mol. The molecule has 2 heterocycles. The first kappa shape index (κ1) is 17.4. The van der Waals surface area contributed by atoms with Crippen LogP contribution >= 0.6 is 11.6 Å². The molecule has 2 atom stereocenters. The smallest absolute Gasteiger partial charge is 0.288 e. The van der Waals surface area contributed by atoms with E-state index in [0.717, 1.165) is 0 Å². The summed E-state index contributed by atoms with van der Waals surface area (Å²) in [6.07, 6.45) is 2.00. The van der Waals surface area contributed by atoms with E-state index in [1.165, 1.54) is 12.1 Å². The molecular weight excluding hydrogens is 380 g/mol. The summed E-state index contributed by atoms with van der Waals surface area (Å²) in [5.41, 5.74) is 1.31. The van der Waals surface area contributed by atoms with E-state index in [2.05, 4.69) is 4.99 Å². The molecule has 0 amide bonds. The Morgan fingerprint density at radius 2 is 1.96 bits per heavy atom. The number of carbonyl (C=O) groups excluding carboxylic acids is 1. The molecule has 0 bridgehead atoms. The number of nitro groups is 1. The highest BCUT2D eigenvalue weighted by molar-refractivity contribution is 7.95. The van der Waals surface area contributed by atoms with Crippen molar-refractivity contribution in [2.75, 3.05) is 5.75 Å². The number of halogens is 1. The molecule has 26 heavy (non-hydrogen) atoms. The number of fused-ring (bicyclic) bond motifs is 1. The minimum absolute atomic E-state index is 0.0260. The van der Waals surface area contributed by atoms with Gasteiger partial charge in [-0.15, -0.1) is 0 Å². The van der Waals surface area contributed by atoms with Crippen LogP contribution in [0.25, 0.3) is 0 Å². The van der Waals surface area contributed by atoms with Crippen molar-refractivity contribution in [2.24, 2.45) is 10.9 Å². The summed E-state index contributed by atoms with van der Waals surface area (Å²) in [6.45, 7) is 0. The van der Waals surface area contributed by atoms with Gasteiger partial charge < -0.3 is 0 Å². The molecule has 9 heteroatoms. The van der Waals surface area contributed by atoms with Crippen LogP contribution in [0.3, 0.4) is 0 Å². The Morgan fingerprint density at radius 3 is 2.69 bits per heavy atom. The van der Waals surface area contributed by atoms with Crippen molar-refractivity contribution in [1.29, 1.82) is 0 Å². The summed E-state index contributed by atoms with van der Waals surface area (Å²) >= 11 is 5.90. The largest absolute Gasteiger partial charge is 0.299 e. The third kappa shape index (κ3) is 2.59. The van der Waals surface area contributed by atoms with E-state index in [9.17, 15) is 23.3 Å². The minimum atomic E-state index is -3.54. The minimum Gasteiger partial charge on any atom is -0.299 e. The first-order chi connectivity index (χ1) is 12.3. The van der Waals surface area contributed by atoms with Crippen LogP contribution in [0.15, 0.2) is 33.8 Å². The third-order valence-corrected chi connectivity index (χ3v) is 7.43. The van der Waals surface area contributed by atoms with Gasteiger partial charge in [0.1, 0.15) is 10.8 Å². The normalized spacial score (nSPS) is 27.0. The highest BCUT2D eigenvalue weighted by Gasteiger charge is 2.48. The zero-order chi connectivity index (χ0) is 18.6. The molecule has 3 aliphatic rings. The Hall–Kier alpha value is -2.06. The lowest BCUT2D eigenvalue weighted by atomic mass is 9.72. The molecule has 0 saturated heterocycles.